The molecule has 0 bridgehead atoms. The van der Waals surface area contributed by atoms with Crippen LogP contribution >= 0.6 is 0 Å². The highest BCUT2D eigenvalue weighted by Gasteiger charge is 2.10. The van der Waals surface area contributed by atoms with Gasteiger partial charge in [0, 0.05) is 5.56 Å². The van der Waals surface area contributed by atoms with E-state index in [1.807, 2.05) is 48.5 Å². The summed E-state index contributed by atoms with van der Waals surface area (Å²) in [5, 5.41) is 8.17. The van der Waals surface area contributed by atoms with Crippen molar-refractivity contribution in [3.8, 4) is 22.7 Å². The molecule has 126 valence electrons. The predicted molar refractivity (Wildman–Crippen MR) is 98.2 cm³/mol. The summed E-state index contributed by atoms with van der Waals surface area (Å²) in [4.78, 5) is 12.1. The molecule has 0 atom stereocenters. The fraction of sp³-hybridized carbons (Fsp3) is 0. The number of nitrogens with zero attached hydrogens (tertiary/aromatic N) is 3. The van der Waals surface area contributed by atoms with Gasteiger partial charge in [0.1, 0.15) is 5.75 Å². The van der Waals surface area contributed by atoms with E-state index in [0.717, 1.165) is 16.9 Å². The number of carbonyl (C=O) groups is 1. The highest BCUT2D eigenvalue weighted by molar-refractivity contribution is 5.90. The van der Waals surface area contributed by atoms with Crippen LogP contribution < -0.4 is 4.74 Å². The van der Waals surface area contributed by atoms with Gasteiger partial charge in [-0.2, -0.15) is 0 Å². The number of rotatable bonds is 4. The molecule has 1 aromatic heterocycles. The van der Waals surface area contributed by atoms with E-state index in [9.17, 15) is 4.79 Å². The van der Waals surface area contributed by atoms with Crippen molar-refractivity contribution in [1.29, 1.82) is 0 Å². The standard InChI is InChI=1S/C21H15N3O2/c25-21(17-9-5-2-6-10-17)26-19-13-11-18(12-14-19)24-20(15-22-23-24)16-7-3-1-4-8-16/h1-15H. The van der Waals surface area contributed by atoms with Gasteiger partial charge in [-0.05, 0) is 36.4 Å². The molecule has 0 fully saturated rings. The first-order valence-electron chi connectivity index (χ1n) is 8.15. The zero-order chi connectivity index (χ0) is 17.8. The molecule has 0 N–H and O–H groups in total. The number of esters is 1. The van der Waals surface area contributed by atoms with Crippen LogP contribution in [0.15, 0.2) is 91.1 Å². The van der Waals surface area contributed by atoms with Crippen LogP contribution in [0.5, 0.6) is 5.75 Å². The maximum atomic E-state index is 12.1. The summed E-state index contributed by atoms with van der Waals surface area (Å²) in [7, 11) is 0. The number of carbonyl (C=O) groups excluding carboxylic acids is 1. The summed E-state index contributed by atoms with van der Waals surface area (Å²) in [6, 6.07) is 26.0. The SMILES string of the molecule is O=C(Oc1ccc(-n2nncc2-c2ccccc2)cc1)c1ccccc1. The second-order valence-corrected chi connectivity index (χ2v) is 5.65. The molecule has 0 saturated carbocycles. The lowest BCUT2D eigenvalue weighted by Gasteiger charge is -2.08. The molecule has 0 spiro atoms. The van der Waals surface area contributed by atoms with Gasteiger partial charge in [0.25, 0.3) is 0 Å². The van der Waals surface area contributed by atoms with Gasteiger partial charge in [-0.3, -0.25) is 0 Å². The normalized spacial score (nSPS) is 10.5. The van der Waals surface area contributed by atoms with Crippen molar-refractivity contribution in [2.75, 3.05) is 0 Å². The van der Waals surface area contributed by atoms with Crippen LogP contribution in [0.4, 0.5) is 0 Å². The van der Waals surface area contributed by atoms with Crippen LogP contribution in [0, 0.1) is 0 Å². The number of hydrogen-bond donors (Lipinski definition) is 0. The third-order valence-corrected chi connectivity index (χ3v) is 3.92. The highest BCUT2D eigenvalue weighted by atomic mass is 16.5. The molecule has 0 aliphatic heterocycles. The van der Waals surface area contributed by atoms with Crippen LogP contribution in [0.2, 0.25) is 0 Å². The highest BCUT2D eigenvalue weighted by Crippen LogP contribution is 2.23. The van der Waals surface area contributed by atoms with Crippen molar-refractivity contribution < 1.29 is 9.53 Å². The molecule has 5 nitrogen and oxygen atoms in total. The third kappa shape index (κ3) is 3.23. The number of ether oxygens (including phenoxy) is 1. The van der Waals surface area contributed by atoms with Gasteiger partial charge in [-0.1, -0.05) is 53.7 Å². The molecule has 4 rings (SSSR count). The molecule has 0 radical (unpaired) electrons. The van der Waals surface area contributed by atoms with Crippen molar-refractivity contribution in [3.63, 3.8) is 0 Å². The summed E-state index contributed by atoms with van der Waals surface area (Å²) in [6.07, 6.45) is 1.72. The first kappa shape index (κ1) is 15.8. The van der Waals surface area contributed by atoms with Gasteiger partial charge in [0.05, 0.1) is 23.1 Å². The molecule has 4 aromatic rings. The zero-order valence-corrected chi connectivity index (χ0v) is 13.8. The Bertz CT molecular complexity index is 1010. The van der Waals surface area contributed by atoms with E-state index in [1.54, 1.807) is 47.3 Å². The predicted octanol–water partition coefficient (Wildman–Crippen LogP) is 4.15. The topological polar surface area (TPSA) is 57.0 Å². The zero-order valence-electron chi connectivity index (χ0n) is 13.8. The Balaban J connectivity index is 1.56. The molecule has 26 heavy (non-hydrogen) atoms. The van der Waals surface area contributed by atoms with E-state index in [4.69, 9.17) is 4.74 Å². The Morgan fingerprint density at radius 2 is 1.46 bits per heavy atom. The van der Waals surface area contributed by atoms with Gasteiger partial charge in [0.15, 0.2) is 0 Å². The molecule has 5 heteroatoms. The van der Waals surface area contributed by atoms with Crippen LogP contribution in [-0.4, -0.2) is 21.0 Å². The minimum Gasteiger partial charge on any atom is -0.423 e. The molecule has 0 aliphatic carbocycles. The monoisotopic (exact) mass is 341 g/mol. The summed E-state index contributed by atoms with van der Waals surface area (Å²) >= 11 is 0. The Kier molecular flexibility index (Phi) is 4.26. The van der Waals surface area contributed by atoms with Gasteiger partial charge < -0.3 is 4.74 Å². The second-order valence-electron chi connectivity index (χ2n) is 5.65. The third-order valence-electron chi connectivity index (χ3n) is 3.92. The van der Waals surface area contributed by atoms with Gasteiger partial charge >= 0.3 is 5.97 Å². The Hall–Kier alpha value is -3.73. The largest absolute Gasteiger partial charge is 0.423 e. The lowest BCUT2D eigenvalue weighted by atomic mass is 10.1. The number of aromatic nitrogens is 3. The van der Waals surface area contributed by atoms with E-state index in [-0.39, 0.29) is 5.97 Å². The molecular formula is C21H15N3O2. The average molecular weight is 341 g/mol. The molecule has 3 aromatic carbocycles. The summed E-state index contributed by atoms with van der Waals surface area (Å²) < 4.78 is 7.15. The van der Waals surface area contributed by atoms with Crippen molar-refractivity contribution in [2.24, 2.45) is 0 Å². The maximum Gasteiger partial charge on any atom is 0.343 e. The summed E-state index contributed by atoms with van der Waals surface area (Å²) in [5.74, 6) is 0.0908. The lowest BCUT2D eigenvalue weighted by molar-refractivity contribution is 0.0735. The van der Waals surface area contributed by atoms with Gasteiger partial charge in [-0.15, -0.1) is 5.10 Å². The quantitative estimate of drug-likeness (QED) is 0.413. The van der Waals surface area contributed by atoms with Crippen molar-refractivity contribution in [3.05, 3.63) is 96.7 Å². The maximum absolute atomic E-state index is 12.1. The van der Waals surface area contributed by atoms with E-state index < -0.39 is 0 Å². The van der Waals surface area contributed by atoms with Crippen molar-refractivity contribution in [2.45, 2.75) is 0 Å². The number of hydrogen-bond acceptors (Lipinski definition) is 4. The minimum absolute atomic E-state index is 0.385. The summed E-state index contributed by atoms with van der Waals surface area (Å²) in [6.45, 7) is 0. The Morgan fingerprint density at radius 1 is 0.808 bits per heavy atom. The molecule has 1 heterocycles. The summed E-state index contributed by atoms with van der Waals surface area (Å²) in [5.41, 5.74) is 3.26. The fourth-order valence-corrected chi connectivity index (χ4v) is 2.63. The van der Waals surface area contributed by atoms with E-state index in [0.29, 0.717) is 11.3 Å². The Morgan fingerprint density at radius 3 is 2.15 bits per heavy atom. The molecule has 0 amide bonds. The van der Waals surface area contributed by atoms with Crippen LogP contribution in [0.25, 0.3) is 16.9 Å². The van der Waals surface area contributed by atoms with Crippen LogP contribution in [-0.2, 0) is 0 Å². The van der Waals surface area contributed by atoms with Gasteiger partial charge in [-0.25, -0.2) is 9.48 Å². The molecule has 0 aliphatic rings. The van der Waals surface area contributed by atoms with E-state index in [2.05, 4.69) is 10.3 Å². The number of benzene rings is 3. The molecule has 0 saturated heterocycles. The fourth-order valence-electron chi connectivity index (χ4n) is 2.63. The van der Waals surface area contributed by atoms with Crippen LogP contribution in [0.1, 0.15) is 10.4 Å². The Labute approximate surface area is 150 Å². The van der Waals surface area contributed by atoms with E-state index >= 15 is 0 Å². The minimum atomic E-state index is -0.385. The van der Waals surface area contributed by atoms with E-state index in [1.165, 1.54) is 0 Å². The first-order chi connectivity index (χ1) is 12.8. The van der Waals surface area contributed by atoms with Crippen molar-refractivity contribution >= 4 is 5.97 Å². The molecule has 0 unspecified atom stereocenters. The lowest BCUT2D eigenvalue weighted by Crippen LogP contribution is -2.08. The molecular weight excluding hydrogens is 326 g/mol. The van der Waals surface area contributed by atoms with Crippen molar-refractivity contribution in [1.82, 2.24) is 15.0 Å². The van der Waals surface area contributed by atoms with Gasteiger partial charge in [0.2, 0.25) is 0 Å². The average Bonchev–Trinajstić information content (AvgIpc) is 3.20. The second kappa shape index (κ2) is 7.03. The van der Waals surface area contributed by atoms with Crippen LogP contribution in [0.3, 0.4) is 0 Å². The smallest absolute Gasteiger partial charge is 0.343 e. The first-order valence-corrected chi connectivity index (χ1v) is 8.15.